The topological polar surface area (TPSA) is 98.8 Å². The highest BCUT2D eigenvalue weighted by atomic mass is 19.1. The number of nitriles is 1. The van der Waals surface area contributed by atoms with Crippen LogP contribution in [0.3, 0.4) is 0 Å². The van der Waals surface area contributed by atoms with E-state index in [9.17, 15) is 13.6 Å². The maximum atomic E-state index is 14.2. The summed E-state index contributed by atoms with van der Waals surface area (Å²) in [6, 6.07) is 10.8. The van der Waals surface area contributed by atoms with Crippen molar-refractivity contribution >= 4 is 5.69 Å². The lowest BCUT2D eigenvalue weighted by Gasteiger charge is -2.28. The molecule has 29 heavy (non-hydrogen) atoms. The third-order valence-electron chi connectivity index (χ3n) is 4.99. The van der Waals surface area contributed by atoms with Gasteiger partial charge in [-0.25, -0.2) is 13.8 Å². The van der Waals surface area contributed by atoms with Gasteiger partial charge in [-0.05, 0) is 42.8 Å². The van der Waals surface area contributed by atoms with E-state index in [0.717, 1.165) is 17.7 Å². The van der Waals surface area contributed by atoms with Crippen molar-refractivity contribution in [3.63, 3.8) is 0 Å². The molecule has 3 aromatic rings. The van der Waals surface area contributed by atoms with Gasteiger partial charge in [0.2, 0.25) is 0 Å². The smallest absolute Gasteiger partial charge is 0.254 e. The number of H-pyrrole nitrogens is 1. The van der Waals surface area contributed by atoms with Crippen LogP contribution in [0.2, 0.25) is 0 Å². The molecular weight excluding hydrogens is 376 g/mol. The molecule has 0 atom stereocenters. The molecule has 0 amide bonds. The summed E-state index contributed by atoms with van der Waals surface area (Å²) in [6.45, 7) is 0.784. The second kappa shape index (κ2) is 7.45. The fourth-order valence-corrected chi connectivity index (χ4v) is 3.45. The molecule has 8 heteroatoms. The molecule has 146 valence electrons. The van der Waals surface area contributed by atoms with E-state index in [1.165, 1.54) is 0 Å². The molecule has 0 bridgehead atoms. The van der Waals surface area contributed by atoms with Crippen LogP contribution in [0.5, 0.6) is 0 Å². The van der Waals surface area contributed by atoms with Crippen LogP contribution in [0, 0.1) is 23.0 Å². The predicted octanol–water partition coefficient (Wildman–Crippen LogP) is 2.73. The highest BCUT2D eigenvalue weighted by Crippen LogP contribution is 2.23. The largest absolute Gasteiger partial charge is 0.399 e. The van der Waals surface area contributed by atoms with Gasteiger partial charge in [0.1, 0.15) is 17.5 Å². The fourth-order valence-electron chi connectivity index (χ4n) is 3.45. The van der Waals surface area contributed by atoms with Gasteiger partial charge in [-0.2, -0.15) is 5.26 Å². The molecule has 0 spiro atoms. The zero-order valence-electron chi connectivity index (χ0n) is 15.4. The van der Waals surface area contributed by atoms with Gasteiger partial charge in [0.25, 0.3) is 5.56 Å². The Morgan fingerprint density at radius 2 is 1.90 bits per heavy atom. The van der Waals surface area contributed by atoms with Crippen LogP contribution in [-0.2, 0) is 19.5 Å². The molecule has 1 aromatic heterocycles. The predicted molar refractivity (Wildman–Crippen MR) is 104 cm³/mol. The van der Waals surface area contributed by atoms with E-state index in [2.05, 4.69) is 9.97 Å². The standard InChI is InChI=1S/C21H17F2N5O/c22-17-7-12(9-24)8-18(23)16(17)10-28-6-5-15-19(11-28)26-20(27-21(15)29)13-1-3-14(25)4-2-13/h1-4,7-8H,5-6,10-11,25H2,(H,26,27,29). The van der Waals surface area contributed by atoms with E-state index >= 15 is 0 Å². The quantitative estimate of drug-likeness (QED) is 0.667. The van der Waals surface area contributed by atoms with Crippen molar-refractivity contribution in [2.45, 2.75) is 19.5 Å². The summed E-state index contributed by atoms with van der Waals surface area (Å²) in [4.78, 5) is 21.7. The number of aromatic nitrogens is 2. The number of hydrogen-bond acceptors (Lipinski definition) is 5. The average molecular weight is 393 g/mol. The van der Waals surface area contributed by atoms with Crippen LogP contribution in [0.15, 0.2) is 41.2 Å². The minimum Gasteiger partial charge on any atom is -0.399 e. The molecule has 0 fully saturated rings. The zero-order chi connectivity index (χ0) is 20.5. The van der Waals surface area contributed by atoms with Gasteiger partial charge in [-0.3, -0.25) is 9.69 Å². The second-order valence-electron chi connectivity index (χ2n) is 6.95. The van der Waals surface area contributed by atoms with Crippen molar-refractivity contribution in [2.75, 3.05) is 12.3 Å². The third-order valence-corrected chi connectivity index (χ3v) is 4.99. The monoisotopic (exact) mass is 393 g/mol. The van der Waals surface area contributed by atoms with E-state index in [-0.39, 0.29) is 23.2 Å². The average Bonchev–Trinajstić information content (AvgIpc) is 2.70. The lowest BCUT2D eigenvalue weighted by Crippen LogP contribution is -2.35. The molecule has 2 heterocycles. The van der Waals surface area contributed by atoms with Crippen molar-refractivity contribution in [1.29, 1.82) is 5.26 Å². The van der Waals surface area contributed by atoms with Crippen LogP contribution >= 0.6 is 0 Å². The molecule has 0 radical (unpaired) electrons. The Hall–Kier alpha value is -3.57. The molecule has 0 unspecified atom stereocenters. The minimum atomic E-state index is -0.756. The number of anilines is 1. The molecule has 2 aromatic carbocycles. The summed E-state index contributed by atoms with van der Waals surface area (Å²) in [5, 5.41) is 8.83. The van der Waals surface area contributed by atoms with Gasteiger partial charge in [0.15, 0.2) is 0 Å². The van der Waals surface area contributed by atoms with Gasteiger partial charge >= 0.3 is 0 Å². The maximum Gasteiger partial charge on any atom is 0.254 e. The number of halogens is 2. The number of fused-ring (bicyclic) bond motifs is 1. The maximum absolute atomic E-state index is 14.2. The number of nitrogen functional groups attached to an aromatic ring is 1. The van der Waals surface area contributed by atoms with Crippen molar-refractivity contribution in [3.8, 4) is 17.5 Å². The SMILES string of the molecule is N#Cc1cc(F)c(CN2CCc3c(nc(-c4ccc(N)cc4)[nH]c3=O)C2)c(F)c1. The van der Waals surface area contributed by atoms with Crippen molar-refractivity contribution in [3.05, 3.63) is 80.8 Å². The number of hydrogen-bond donors (Lipinski definition) is 2. The Labute approximate surface area is 165 Å². The first kappa shape index (κ1) is 18.8. The normalized spacial score (nSPS) is 13.7. The van der Waals surface area contributed by atoms with Gasteiger partial charge < -0.3 is 10.7 Å². The zero-order valence-corrected chi connectivity index (χ0v) is 15.4. The highest BCUT2D eigenvalue weighted by molar-refractivity contribution is 5.58. The van der Waals surface area contributed by atoms with E-state index in [1.54, 1.807) is 30.3 Å². The van der Waals surface area contributed by atoms with E-state index in [0.29, 0.717) is 42.3 Å². The molecule has 1 aliphatic rings. The van der Waals surface area contributed by atoms with Crippen LogP contribution in [0.4, 0.5) is 14.5 Å². The van der Waals surface area contributed by atoms with Crippen molar-refractivity contribution in [2.24, 2.45) is 0 Å². The molecular formula is C21H17F2N5O. The summed E-state index contributed by atoms with van der Waals surface area (Å²) < 4.78 is 28.5. The Bertz CT molecular complexity index is 1160. The lowest BCUT2D eigenvalue weighted by molar-refractivity contribution is 0.233. The fraction of sp³-hybridized carbons (Fsp3) is 0.190. The van der Waals surface area contributed by atoms with Crippen LogP contribution in [0.1, 0.15) is 22.4 Å². The lowest BCUT2D eigenvalue weighted by atomic mass is 10.0. The number of aromatic amines is 1. The highest BCUT2D eigenvalue weighted by Gasteiger charge is 2.23. The summed E-state index contributed by atoms with van der Waals surface area (Å²) in [7, 11) is 0. The molecule has 0 saturated heterocycles. The first-order valence-electron chi connectivity index (χ1n) is 9.03. The molecule has 0 saturated carbocycles. The van der Waals surface area contributed by atoms with Crippen LogP contribution < -0.4 is 11.3 Å². The number of nitrogens with two attached hydrogens (primary N) is 1. The Morgan fingerprint density at radius 1 is 1.21 bits per heavy atom. The van der Waals surface area contributed by atoms with E-state index in [4.69, 9.17) is 11.0 Å². The molecule has 0 aliphatic carbocycles. The number of rotatable bonds is 3. The number of nitrogens with one attached hydrogen (secondary N) is 1. The van der Waals surface area contributed by atoms with Crippen molar-refractivity contribution < 1.29 is 8.78 Å². The molecule has 6 nitrogen and oxygen atoms in total. The second-order valence-corrected chi connectivity index (χ2v) is 6.95. The summed E-state index contributed by atoms with van der Waals surface area (Å²) >= 11 is 0. The summed E-state index contributed by atoms with van der Waals surface area (Å²) in [6.07, 6.45) is 0.430. The number of nitrogens with zero attached hydrogens (tertiary/aromatic N) is 3. The Balaban J connectivity index is 1.62. The van der Waals surface area contributed by atoms with E-state index in [1.807, 2.05) is 4.90 Å². The van der Waals surface area contributed by atoms with Gasteiger partial charge in [0.05, 0.1) is 17.3 Å². The van der Waals surface area contributed by atoms with Crippen LogP contribution in [0.25, 0.3) is 11.4 Å². The molecule has 4 rings (SSSR count). The summed E-state index contributed by atoms with van der Waals surface area (Å²) in [5.41, 5.74) is 7.82. The van der Waals surface area contributed by atoms with Gasteiger partial charge in [-0.1, -0.05) is 0 Å². The first-order chi connectivity index (χ1) is 13.9. The van der Waals surface area contributed by atoms with Crippen molar-refractivity contribution in [1.82, 2.24) is 14.9 Å². The van der Waals surface area contributed by atoms with Crippen LogP contribution in [-0.4, -0.2) is 21.4 Å². The van der Waals surface area contributed by atoms with Gasteiger partial charge in [0, 0.05) is 42.0 Å². The molecule has 1 aliphatic heterocycles. The summed E-state index contributed by atoms with van der Waals surface area (Å²) in [5.74, 6) is -1.09. The number of benzene rings is 2. The molecule has 3 N–H and O–H groups in total. The minimum absolute atomic E-state index is 0.0223. The third kappa shape index (κ3) is 3.73. The van der Waals surface area contributed by atoms with Gasteiger partial charge in [-0.15, -0.1) is 0 Å². The first-order valence-corrected chi connectivity index (χ1v) is 9.03. The van der Waals surface area contributed by atoms with E-state index < -0.39 is 11.6 Å². The Kier molecular flexibility index (Phi) is 4.82. The Morgan fingerprint density at radius 3 is 2.55 bits per heavy atom.